The summed E-state index contributed by atoms with van der Waals surface area (Å²) >= 11 is 0. The number of aliphatic hydroxyl groups is 1. The molecule has 0 atom stereocenters. The minimum absolute atomic E-state index is 0.0408. The van der Waals surface area contributed by atoms with Gasteiger partial charge in [-0.25, -0.2) is 9.37 Å². The summed E-state index contributed by atoms with van der Waals surface area (Å²) in [4.78, 5) is 17.4. The SMILES string of the molecule is Cc1cc(-c2cnco2)cc(-c2nn(-c3cc(NCCCO)ccc3F)c(=O)c3ccccc23)c1. The van der Waals surface area contributed by atoms with Crippen LogP contribution in [0.3, 0.4) is 0 Å². The minimum atomic E-state index is -0.569. The van der Waals surface area contributed by atoms with E-state index < -0.39 is 11.4 Å². The van der Waals surface area contributed by atoms with Crippen molar-refractivity contribution in [1.29, 1.82) is 0 Å². The minimum Gasteiger partial charge on any atom is -0.444 e. The summed E-state index contributed by atoms with van der Waals surface area (Å²) in [5.41, 5.74) is 3.35. The molecule has 0 amide bonds. The molecule has 0 aliphatic heterocycles. The number of anilines is 1. The predicted octanol–water partition coefficient (Wildman–Crippen LogP) is 4.95. The fourth-order valence-corrected chi connectivity index (χ4v) is 4.08. The number of benzene rings is 3. The maximum Gasteiger partial charge on any atom is 0.279 e. The van der Waals surface area contributed by atoms with Crippen LogP contribution in [-0.4, -0.2) is 33.0 Å². The first kappa shape index (κ1) is 22.5. The summed E-state index contributed by atoms with van der Waals surface area (Å²) in [5, 5.41) is 17.9. The number of hydrogen-bond donors (Lipinski definition) is 2. The normalized spacial score (nSPS) is 11.2. The highest BCUT2D eigenvalue weighted by molar-refractivity contribution is 5.94. The van der Waals surface area contributed by atoms with Gasteiger partial charge >= 0.3 is 0 Å². The van der Waals surface area contributed by atoms with Crippen molar-refractivity contribution in [2.75, 3.05) is 18.5 Å². The lowest BCUT2D eigenvalue weighted by atomic mass is 9.99. The highest BCUT2D eigenvalue weighted by atomic mass is 19.1. The number of oxazole rings is 1. The first-order chi connectivity index (χ1) is 17.0. The van der Waals surface area contributed by atoms with Gasteiger partial charge in [0, 0.05) is 35.4 Å². The summed E-state index contributed by atoms with van der Waals surface area (Å²) < 4.78 is 21.6. The third-order valence-electron chi connectivity index (χ3n) is 5.71. The number of fused-ring (bicyclic) bond motifs is 1. The third kappa shape index (κ3) is 4.43. The van der Waals surface area contributed by atoms with Crippen LogP contribution < -0.4 is 10.9 Å². The van der Waals surface area contributed by atoms with Crippen molar-refractivity contribution in [3.8, 4) is 28.3 Å². The molecule has 2 N–H and O–H groups in total. The van der Waals surface area contributed by atoms with Crippen LogP contribution in [0.5, 0.6) is 0 Å². The standard InChI is InChI=1S/C27H23FN4O3/c1-17-11-18(25-15-29-16-35-25)13-19(12-17)26-21-5-2-3-6-22(21)27(34)32(31-26)24-14-20(7-8-23(24)28)30-9-4-10-33/h2-3,5-8,11-16,30,33H,4,9-10H2,1H3. The average Bonchev–Trinajstić information content (AvgIpc) is 3.41. The summed E-state index contributed by atoms with van der Waals surface area (Å²) in [5.74, 6) is 0.0420. The van der Waals surface area contributed by atoms with Crippen LogP contribution in [0.15, 0.2) is 82.5 Å². The van der Waals surface area contributed by atoms with Gasteiger partial charge in [0.25, 0.3) is 5.56 Å². The lowest BCUT2D eigenvalue weighted by Crippen LogP contribution is -2.23. The van der Waals surface area contributed by atoms with E-state index in [0.717, 1.165) is 21.4 Å². The Kier molecular flexibility index (Phi) is 6.12. The maximum atomic E-state index is 15.0. The number of aryl methyl sites for hydroxylation is 1. The van der Waals surface area contributed by atoms with Gasteiger partial charge in [0.15, 0.2) is 12.2 Å². The number of aliphatic hydroxyl groups excluding tert-OH is 1. The van der Waals surface area contributed by atoms with Crippen molar-refractivity contribution < 1.29 is 13.9 Å². The zero-order valence-electron chi connectivity index (χ0n) is 19.0. The van der Waals surface area contributed by atoms with Crippen LogP contribution in [0.25, 0.3) is 39.0 Å². The number of aromatic nitrogens is 3. The van der Waals surface area contributed by atoms with E-state index in [2.05, 4.69) is 15.4 Å². The van der Waals surface area contributed by atoms with Gasteiger partial charge in [0.1, 0.15) is 11.5 Å². The molecule has 2 heterocycles. The number of nitrogens with one attached hydrogen (secondary N) is 1. The summed E-state index contributed by atoms with van der Waals surface area (Å²) in [6, 6.07) is 17.5. The second-order valence-electron chi connectivity index (χ2n) is 8.23. The Bertz CT molecular complexity index is 1560. The molecule has 5 aromatic rings. The first-order valence-electron chi connectivity index (χ1n) is 11.2. The number of hydrogen-bond acceptors (Lipinski definition) is 6. The molecule has 0 radical (unpaired) electrons. The summed E-state index contributed by atoms with van der Waals surface area (Å²) in [6.45, 7) is 2.52. The first-order valence-corrected chi connectivity index (χ1v) is 11.2. The topological polar surface area (TPSA) is 93.2 Å². The van der Waals surface area contributed by atoms with Crippen molar-refractivity contribution in [3.05, 3.63) is 95.0 Å². The fraction of sp³-hybridized carbons (Fsp3) is 0.148. The Morgan fingerprint density at radius 1 is 1.06 bits per heavy atom. The summed E-state index contributed by atoms with van der Waals surface area (Å²) in [7, 11) is 0. The second kappa shape index (κ2) is 9.52. The number of nitrogens with zero attached hydrogens (tertiary/aromatic N) is 3. The Labute approximate surface area is 200 Å². The van der Waals surface area contributed by atoms with E-state index in [4.69, 9.17) is 9.52 Å². The highest BCUT2D eigenvalue weighted by Crippen LogP contribution is 2.31. The van der Waals surface area contributed by atoms with Gasteiger partial charge < -0.3 is 14.8 Å². The molecule has 0 saturated carbocycles. The molecule has 0 spiro atoms. The van der Waals surface area contributed by atoms with Crippen LogP contribution in [0.1, 0.15) is 12.0 Å². The van der Waals surface area contributed by atoms with Crippen molar-refractivity contribution in [2.24, 2.45) is 0 Å². The lowest BCUT2D eigenvalue weighted by molar-refractivity contribution is 0.292. The molecule has 8 heteroatoms. The largest absolute Gasteiger partial charge is 0.444 e. The van der Waals surface area contributed by atoms with Crippen molar-refractivity contribution >= 4 is 16.5 Å². The zero-order chi connectivity index (χ0) is 24.4. The Balaban J connectivity index is 1.72. The average molecular weight is 471 g/mol. The molecular formula is C27H23FN4O3. The van der Waals surface area contributed by atoms with E-state index in [1.165, 1.54) is 12.5 Å². The Morgan fingerprint density at radius 3 is 2.63 bits per heavy atom. The number of rotatable bonds is 7. The lowest BCUT2D eigenvalue weighted by Gasteiger charge is -2.14. The van der Waals surface area contributed by atoms with E-state index >= 15 is 0 Å². The monoisotopic (exact) mass is 470 g/mol. The molecule has 0 aliphatic carbocycles. The van der Waals surface area contributed by atoms with Gasteiger partial charge in [-0.05, 0) is 61.4 Å². The smallest absolute Gasteiger partial charge is 0.279 e. The van der Waals surface area contributed by atoms with Gasteiger partial charge in [-0.2, -0.15) is 9.78 Å². The molecule has 35 heavy (non-hydrogen) atoms. The predicted molar refractivity (Wildman–Crippen MR) is 133 cm³/mol. The zero-order valence-corrected chi connectivity index (χ0v) is 19.0. The molecule has 0 bridgehead atoms. The Hall–Kier alpha value is -4.30. The fourth-order valence-electron chi connectivity index (χ4n) is 4.08. The molecule has 0 saturated heterocycles. The van der Waals surface area contributed by atoms with Crippen molar-refractivity contribution in [2.45, 2.75) is 13.3 Å². The van der Waals surface area contributed by atoms with Crippen LogP contribution in [0, 0.1) is 12.7 Å². The van der Waals surface area contributed by atoms with Gasteiger partial charge in [0.2, 0.25) is 0 Å². The van der Waals surface area contributed by atoms with Gasteiger partial charge in [-0.1, -0.05) is 18.2 Å². The second-order valence-corrected chi connectivity index (χ2v) is 8.23. The molecule has 5 rings (SSSR count). The van der Waals surface area contributed by atoms with Gasteiger partial charge in [0.05, 0.1) is 17.3 Å². The Morgan fingerprint density at radius 2 is 1.86 bits per heavy atom. The van der Waals surface area contributed by atoms with Crippen LogP contribution in [0.2, 0.25) is 0 Å². The quantitative estimate of drug-likeness (QED) is 0.327. The summed E-state index contributed by atoms with van der Waals surface area (Å²) in [6.07, 6.45) is 3.55. The molecule has 0 aliphatic rings. The van der Waals surface area contributed by atoms with Crippen LogP contribution >= 0.6 is 0 Å². The van der Waals surface area contributed by atoms with Gasteiger partial charge in [-0.3, -0.25) is 4.79 Å². The van der Waals surface area contributed by atoms with E-state index in [0.29, 0.717) is 40.9 Å². The molecule has 0 unspecified atom stereocenters. The molecule has 0 fully saturated rings. The van der Waals surface area contributed by atoms with E-state index in [1.54, 1.807) is 30.5 Å². The van der Waals surface area contributed by atoms with Crippen LogP contribution in [-0.2, 0) is 0 Å². The van der Waals surface area contributed by atoms with E-state index in [-0.39, 0.29) is 12.3 Å². The van der Waals surface area contributed by atoms with E-state index in [9.17, 15) is 9.18 Å². The molecular weight excluding hydrogens is 447 g/mol. The molecule has 3 aromatic carbocycles. The molecule has 7 nitrogen and oxygen atoms in total. The maximum absolute atomic E-state index is 15.0. The third-order valence-corrected chi connectivity index (χ3v) is 5.71. The van der Waals surface area contributed by atoms with Gasteiger partial charge in [-0.15, -0.1) is 0 Å². The van der Waals surface area contributed by atoms with E-state index in [1.807, 2.05) is 37.3 Å². The van der Waals surface area contributed by atoms with Crippen LogP contribution in [0.4, 0.5) is 10.1 Å². The van der Waals surface area contributed by atoms with Crippen molar-refractivity contribution in [3.63, 3.8) is 0 Å². The molecule has 2 aromatic heterocycles. The van der Waals surface area contributed by atoms with Crippen molar-refractivity contribution in [1.82, 2.24) is 14.8 Å². The molecule has 176 valence electrons. The number of halogens is 1. The highest BCUT2D eigenvalue weighted by Gasteiger charge is 2.17.